The summed E-state index contributed by atoms with van der Waals surface area (Å²) in [6, 6.07) is 5.14. The lowest BCUT2D eigenvalue weighted by molar-refractivity contribution is -0.112. The van der Waals surface area contributed by atoms with Gasteiger partial charge in [0.2, 0.25) is 0 Å². The van der Waals surface area contributed by atoms with E-state index in [0.717, 1.165) is 10.6 Å². The van der Waals surface area contributed by atoms with Crippen molar-refractivity contribution in [1.82, 2.24) is 4.98 Å². The van der Waals surface area contributed by atoms with E-state index in [1.54, 1.807) is 24.5 Å². The molecule has 5 nitrogen and oxygen atoms in total. The second-order valence-corrected chi connectivity index (χ2v) is 4.87. The Morgan fingerprint density at radius 2 is 2.17 bits per heavy atom. The molecule has 18 heavy (non-hydrogen) atoms. The first-order valence-electron chi connectivity index (χ1n) is 5.23. The second kappa shape index (κ2) is 3.99. The Hall–Kier alpha value is -2.08. The van der Waals surface area contributed by atoms with Crippen molar-refractivity contribution in [2.24, 2.45) is 0 Å². The van der Waals surface area contributed by atoms with E-state index >= 15 is 0 Å². The molecule has 2 aromatic rings. The number of benzene rings is 1. The average Bonchev–Trinajstić information content (AvgIpc) is 2.85. The Balaban J connectivity index is 1.90. The summed E-state index contributed by atoms with van der Waals surface area (Å²) in [4.78, 5) is 27.6. The Morgan fingerprint density at radius 3 is 2.89 bits per heavy atom. The summed E-state index contributed by atoms with van der Waals surface area (Å²) in [5.74, 6) is -1.08. The van der Waals surface area contributed by atoms with Gasteiger partial charge in [0.1, 0.15) is 6.26 Å². The van der Waals surface area contributed by atoms with Crippen LogP contribution in [0.5, 0.6) is 0 Å². The number of aromatic nitrogens is 1. The van der Waals surface area contributed by atoms with Crippen molar-refractivity contribution in [2.45, 2.75) is 17.0 Å². The molecule has 0 aliphatic carbocycles. The topological polar surface area (TPSA) is 72.2 Å². The maximum Gasteiger partial charge on any atom is 0.296 e. The van der Waals surface area contributed by atoms with Crippen LogP contribution < -0.4 is 5.32 Å². The molecule has 0 spiro atoms. The number of carbonyl (C=O) groups is 2. The number of hydrogen-bond acceptors (Lipinski definition) is 5. The van der Waals surface area contributed by atoms with Gasteiger partial charge < -0.3 is 9.73 Å². The largest absolute Gasteiger partial charge is 0.439 e. The standard InChI is InChI=1S/C12H8N2O3S/c1-6-5-17-12(13-6)18-7-2-3-8-9(4-7)14-11(16)10(8)15/h2-5H,1H3,(H,14,15,16). The van der Waals surface area contributed by atoms with Crippen LogP contribution in [0.25, 0.3) is 0 Å². The van der Waals surface area contributed by atoms with Gasteiger partial charge in [-0.15, -0.1) is 0 Å². The van der Waals surface area contributed by atoms with Gasteiger partial charge in [0.05, 0.1) is 16.9 Å². The van der Waals surface area contributed by atoms with Gasteiger partial charge in [0.25, 0.3) is 16.9 Å². The van der Waals surface area contributed by atoms with Gasteiger partial charge in [-0.25, -0.2) is 4.98 Å². The zero-order valence-corrected chi connectivity index (χ0v) is 10.2. The fourth-order valence-corrected chi connectivity index (χ4v) is 2.47. The highest BCUT2D eigenvalue weighted by molar-refractivity contribution is 7.99. The number of hydrogen-bond donors (Lipinski definition) is 1. The molecule has 1 amide bonds. The molecular weight excluding hydrogens is 252 g/mol. The maximum atomic E-state index is 11.4. The third-order valence-corrected chi connectivity index (χ3v) is 3.34. The number of carbonyl (C=O) groups excluding carboxylic acids is 2. The van der Waals surface area contributed by atoms with E-state index in [4.69, 9.17) is 4.42 Å². The molecule has 3 rings (SSSR count). The smallest absolute Gasteiger partial charge is 0.296 e. The van der Waals surface area contributed by atoms with Crippen LogP contribution in [-0.2, 0) is 4.79 Å². The van der Waals surface area contributed by atoms with Gasteiger partial charge in [-0.1, -0.05) is 0 Å². The lowest BCUT2D eigenvalue weighted by Gasteiger charge is -2.00. The van der Waals surface area contributed by atoms with Crippen molar-refractivity contribution >= 4 is 29.1 Å². The molecule has 90 valence electrons. The Kier molecular flexibility index (Phi) is 2.45. The number of rotatable bonds is 2. The summed E-state index contributed by atoms with van der Waals surface area (Å²) in [5, 5.41) is 3.06. The van der Waals surface area contributed by atoms with E-state index in [-0.39, 0.29) is 0 Å². The molecule has 0 fully saturated rings. The van der Waals surface area contributed by atoms with Crippen LogP contribution in [0.2, 0.25) is 0 Å². The minimum Gasteiger partial charge on any atom is -0.439 e. The van der Waals surface area contributed by atoms with Gasteiger partial charge in [-0.05, 0) is 36.9 Å². The minimum absolute atomic E-state index is 0.410. The van der Waals surface area contributed by atoms with Crippen LogP contribution in [-0.4, -0.2) is 16.7 Å². The van der Waals surface area contributed by atoms with Crippen molar-refractivity contribution in [3.8, 4) is 0 Å². The highest BCUT2D eigenvalue weighted by Crippen LogP contribution is 2.32. The van der Waals surface area contributed by atoms with E-state index < -0.39 is 11.7 Å². The van der Waals surface area contributed by atoms with Crippen LogP contribution >= 0.6 is 11.8 Å². The fraction of sp³-hybridized carbons (Fsp3) is 0.0833. The molecular formula is C12H8N2O3S. The van der Waals surface area contributed by atoms with Crippen molar-refractivity contribution in [2.75, 3.05) is 5.32 Å². The molecule has 0 saturated carbocycles. The maximum absolute atomic E-state index is 11.4. The molecule has 0 saturated heterocycles. The quantitative estimate of drug-likeness (QED) is 0.838. The van der Waals surface area contributed by atoms with Crippen LogP contribution in [0, 0.1) is 6.92 Å². The van der Waals surface area contributed by atoms with Gasteiger partial charge in [-0.3, -0.25) is 9.59 Å². The molecule has 1 N–H and O–H groups in total. The molecule has 1 aromatic carbocycles. The molecule has 6 heteroatoms. The number of amides is 1. The first-order valence-corrected chi connectivity index (χ1v) is 6.05. The number of fused-ring (bicyclic) bond motifs is 1. The SMILES string of the molecule is Cc1coc(Sc2ccc3c(c2)NC(=O)C3=O)n1. The summed E-state index contributed by atoms with van der Waals surface area (Å²) in [6.45, 7) is 1.84. The fourth-order valence-electron chi connectivity index (χ4n) is 1.67. The average molecular weight is 260 g/mol. The Labute approximate surface area is 107 Å². The van der Waals surface area contributed by atoms with E-state index in [0.29, 0.717) is 16.5 Å². The zero-order valence-electron chi connectivity index (χ0n) is 9.39. The van der Waals surface area contributed by atoms with Crippen LogP contribution in [0.15, 0.2) is 39.0 Å². The van der Waals surface area contributed by atoms with E-state index in [1.807, 2.05) is 6.92 Å². The van der Waals surface area contributed by atoms with Gasteiger partial charge >= 0.3 is 0 Å². The number of nitrogens with one attached hydrogen (secondary N) is 1. The number of ketones is 1. The third kappa shape index (κ3) is 1.80. The molecule has 0 unspecified atom stereocenters. The monoisotopic (exact) mass is 260 g/mol. The number of nitrogens with zero attached hydrogens (tertiary/aromatic N) is 1. The van der Waals surface area contributed by atoms with Gasteiger partial charge in [0.15, 0.2) is 0 Å². The van der Waals surface area contributed by atoms with Crippen molar-refractivity contribution in [1.29, 1.82) is 0 Å². The van der Waals surface area contributed by atoms with E-state index in [9.17, 15) is 9.59 Å². The summed E-state index contributed by atoms with van der Waals surface area (Å²) in [5.41, 5.74) is 1.76. The highest BCUT2D eigenvalue weighted by atomic mass is 32.2. The molecule has 0 bridgehead atoms. The lowest BCUT2D eigenvalue weighted by Crippen LogP contribution is -2.12. The number of Topliss-reactive ketones (excluding diaryl/α,β-unsaturated/α-hetero) is 1. The molecule has 2 heterocycles. The van der Waals surface area contributed by atoms with Crippen molar-refractivity contribution in [3.05, 3.63) is 35.7 Å². The number of anilines is 1. The van der Waals surface area contributed by atoms with Crippen molar-refractivity contribution in [3.63, 3.8) is 0 Å². The second-order valence-electron chi connectivity index (χ2n) is 3.85. The lowest BCUT2D eigenvalue weighted by atomic mass is 10.1. The van der Waals surface area contributed by atoms with Gasteiger partial charge in [0, 0.05) is 4.90 Å². The third-order valence-electron chi connectivity index (χ3n) is 2.49. The molecule has 0 atom stereocenters. The van der Waals surface area contributed by atoms with E-state index in [1.165, 1.54) is 11.8 Å². The molecule has 1 aromatic heterocycles. The predicted molar refractivity (Wildman–Crippen MR) is 64.8 cm³/mol. The first-order chi connectivity index (χ1) is 8.63. The normalized spacial score (nSPS) is 13.6. The molecule has 0 radical (unpaired) electrons. The Bertz CT molecular complexity index is 663. The predicted octanol–water partition coefficient (Wildman–Crippen LogP) is 2.27. The van der Waals surface area contributed by atoms with Crippen molar-refractivity contribution < 1.29 is 14.0 Å². The summed E-state index contributed by atoms with van der Waals surface area (Å²) in [6.07, 6.45) is 1.57. The van der Waals surface area contributed by atoms with Crippen LogP contribution in [0.4, 0.5) is 5.69 Å². The summed E-state index contributed by atoms with van der Waals surface area (Å²) in [7, 11) is 0. The van der Waals surface area contributed by atoms with Crippen LogP contribution in [0.3, 0.4) is 0 Å². The molecule has 1 aliphatic rings. The summed E-state index contributed by atoms with van der Waals surface area (Å²) < 4.78 is 5.23. The van der Waals surface area contributed by atoms with Gasteiger partial charge in [-0.2, -0.15) is 0 Å². The Morgan fingerprint density at radius 1 is 1.33 bits per heavy atom. The molecule has 1 aliphatic heterocycles. The van der Waals surface area contributed by atoms with E-state index in [2.05, 4.69) is 10.3 Å². The number of oxazole rings is 1. The zero-order chi connectivity index (χ0) is 12.7. The highest BCUT2D eigenvalue weighted by Gasteiger charge is 2.27. The first kappa shape index (κ1) is 11.0. The number of aryl methyl sites for hydroxylation is 1. The summed E-state index contributed by atoms with van der Waals surface area (Å²) >= 11 is 1.34. The van der Waals surface area contributed by atoms with Crippen LogP contribution in [0.1, 0.15) is 16.1 Å². The minimum atomic E-state index is -0.584.